The van der Waals surface area contributed by atoms with Gasteiger partial charge in [0.25, 0.3) is 0 Å². The minimum absolute atomic E-state index is 0.312. The Morgan fingerprint density at radius 2 is 2.54 bits per heavy atom. The fraction of sp³-hybridized carbons (Fsp3) is 0.429. The van der Waals surface area contributed by atoms with E-state index < -0.39 is 16.7 Å². The number of aliphatic imine (C=N–C) groups is 1. The molecule has 13 heavy (non-hydrogen) atoms. The average Bonchev–Trinajstić information content (AvgIpc) is 2.45. The van der Waals surface area contributed by atoms with Gasteiger partial charge in [-0.1, -0.05) is 11.4 Å². The maximum atomic E-state index is 10.6. The van der Waals surface area contributed by atoms with E-state index in [0.29, 0.717) is 11.5 Å². The van der Waals surface area contributed by atoms with Crippen molar-refractivity contribution in [1.82, 2.24) is 0 Å². The van der Waals surface area contributed by atoms with E-state index in [9.17, 15) is 4.79 Å². The van der Waals surface area contributed by atoms with Gasteiger partial charge < -0.3 is 4.74 Å². The van der Waals surface area contributed by atoms with Gasteiger partial charge in [-0.3, -0.25) is 10.0 Å². The van der Waals surface area contributed by atoms with E-state index in [1.54, 1.807) is 0 Å². The molecule has 0 amide bonds. The third kappa shape index (κ3) is 2.22. The number of carbonyl (C=O) groups is 1. The summed E-state index contributed by atoms with van der Waals surface area (Å²) in [4.78, 5) is 14.6. The lowest BCUT2D eigenvalue weighted by Crippen LogP contribution is -2.08. The fourth-order valence-electron chi connectivity index (χ4n) is 0.864. The van der Waals surface area contributed by atoms with Gasteiger partial charge in [-0.25, -0.2) is 4.99 Å². The zero-order valence-electron chi connectivity index (χ0n) is 7.35. The van der Waals surface area contributed by atoms with Gasteiger partial charge in [0.1, 0.15) is 0 Å². The van der Waals surface area contributed by atoms with Crippen LogP contribution in [0.2, 0.25) is 0 Å². The standard InChI is InChI=1S/C7H10N2O3S/c1-3-6-8-4-7(12-5(2)10)13(6)9-11/h4,11H,3H2,1-2H3. The summed E-state index contributed by atoms with van der Waals surface area (Å²) in [6.45, 7) is 3.19. The topological polar surface area (TPSA) is 71.2 Å². The minimum Gasteiger partial charge on any atom is -0.416 e. The van der Waals surface area contributed by atoms with Crippen LogP contribution >= 0.6 is 0 Å². The molecular weight excluding hydrogens is 192 g/mol. The molecular formula is C7H10N2O3S. The van der Waals surface area contributed by atoms with Crippen molar-refractivity contribution in [1.29, 1.82) is 0 Å². The van der Waals surface area contributed by atoms with Crippen molar-refractivity contribution in [3.05, 3.63) is 11.3 Å². The van der Waals surface area contributed by atoms with Crippen molar-refractivity contribution in [3.63, 3.8) is 0 Å². The number of carbonyl (C=O) groups excluding carboxylic acids is 1. The predicted molar refractivity (Wildman–Crippen MR) is 49.2 cm³/mol. The van der Waals surface area contributed by atoms with Crippen LogP contribution in [-0.2, 0) is 20.2 Å². The molecule has 5 nitrogen and oxygen atoms in total. The molecule has 0 saturated carbocycles. The summed E-state index contributed by atoms with van der Waals surface area (Å²) < 4.78 is 7.94. The summed E-state index contributed by atoms with van der Waals surface area (Å²) in [5, 5.41) is 9.71. The largest absolute Gasteiger partial charge is 0.416 e. The Bertz CT molecular complexity index is 320. The van der Waals surface area contributed by atoms with E-state index in [1.165, 1.54) is 13.1 Å². The molecule has 0 aromatic carbocycles. The number of nitrogens with zero attached hydrogens (tertiary/aromatic N) is 2. The van der Waals surface area contributed by atoms with Crippen molar-refractivity contribution < 1.29 is 14.7 Å². The van der Waals surface area contributed by atoms with Crippen LogP contribution < -0.4 is 0 Å². The monoisotopic (exact) mass is 202 g/mol. The van der Waals surface area contributed by atoms with Gasteiger partial charge >= 0.3 is 5.97 Å². The third-order valence-corrected chi connectivity index (χ3v) is 2.93. The SMILES string of the molecule is CCC1=NC=C(OC(C)=O)S1=NO. The van der Waals surface area contributed by atoms with Crippen LogP contribution in [-0.4, -0.2) is 16.2 Å². The summed E-state index contributed by atoms with van der Waals surface area (Å²) in [7, 11) is -0.882. The Morgan fingerprint density at radius 3 is 3.00 bits per heavy atom. The number of esters is 1. The molecule has 1 rings (SSSR count). The Hall–Kier alpha value is -1.01. The maximum absolute atomic E-state index is 10.6. The first-order valence-electron chi connectivity index (χ1n) is 3.73. The molecule has 1 unspecified atom stereocenters. The van der Waals surface area contributed by atoms with E-state index >= 15 is 0 Å². The van der Waals surface area contributed by atoms with Gasteiger partial charge in [0.2, 0.25) is 5.09 Å². The quantitative estimate of drug-likeness (QED) is 0.543. The van der Waals surface area contributed by atoms with E-state index in [1.807, 2.05) is 6.92 Å². The lowest BCUT2D eigenvalue weighted by Gasteiger charge is -2.03. The molecule has 0 aromatic rings. The van der Waals surface area contributed by atoms with Gasteiger partial charge in [0, 0.05) is 17.6 Å². The molecule has 0 fully saturated rings. The van der Waals surface area contributed by atoms with Gasteiger partial charge in [-0.15, -0.1) is 0 Å². The number of ether oxygens (including phenoxy) is 1. The van der Waals surface area contributed by atoms with Gasteiger partial charge in [0.15, 0.2) is 0 Å². The maximum Gasteiger partial charge on any atom is 0.308 e. The highest BCUT2D eigenvalue weighted by atomic mass is 32.2. The van der Waals surface area contributed by atoms with Gasteiger partial charge in [-0.05, 0) is 6.42 Å². The second-order valence-electron chi connectivity index (χ2n) is 2.28. The number of hydrogen-bond acceptors (Lipinski definition) is 4. The molecule has 1 N–H and O–H groups in total. The first-order chi connectivity index (χ1) is 6.19. The van der Waals surface area contributed by atoms with E-state index in [2.05, 4.69) is 9.52 Å². The van der Waals surface area contributed by atoms with Crippen molar-refractivity contribution >= 4 is 21.7 Å². The predicted octanol–water partition coefficient (Wildman–Crippen LogP) is 1.36. The molecule has 1 aliphatic rings. The van der Waals surface area contributed by atoms with Gasteiger partial charge in [0.05, 0.1) is 11.2 Å². The fourth-order valence-corrected chi connectivity index (χ4v) is 2.05. The van der Waals surface area contributed by atoms with E-state index in [-0.39, 0.29) is 0 Å². The second kappa shape index (κ2) is 4.29. The normalized spacial score (nSPS) is 21.3. The highest BCUT2D eigenvalue weighted by molar-refractivity contribution is 8.06. The first-order valence-corrected chi connectivity index (χ1v) is 4.92. The average molecular weight is 202 g/mol. The lowest BCUT2D eigenvalue weighted by molar-refractivity contribution is -0.135. The molecule has 0 bridgehead atoms. The van der Waals surface area contributed by atoms with E-state index in [4.69, 9.17) is 9.94 Å². The van der Waals surface area contributed by atoms with Crippen LogP contribution in [0.4, 0.5) is 0 Å². The van der Waals surface area contributed by atoms with Crippen molar-refractivity contribution in [2.45, 2.75) is 20.3 Å². The molecule has 6 heteroatoms. The summed E-state index contributed by atoms with van der Waals surface area (Å²) >= 11 is 0. The Kier molecular flexibility index (Phi) is 3.32. The Balaban J connectivity index is 2.79. The smallest absolute Gasteiger partial charge is 0.308 e. The third-order valence-electron chi connectivity index (χ3n) is 1.36. The van der Waals surface area contributed by atoms with Crippen LogP contribution in [0.15, 0.2) is 20.8 Å². The molecule has 0 aromatic heterocycles. The van der Waals surface area contributed by atoms with Crippen molar-refractivity contribution in [3.8, 4) is 0 Å². The van der Waals surface area contributed by atoms with Crippen LogP contribution in [0.25, 0.3) is 0 Å². The van der Waals surface area contributed by atoms with Crippen LogP contribution in [0.5, 0.6) is 0 Å². The zero-order chi connectivity index (χ0) is 9.84. The molecule has 0 saturated heterocycles. The molecule has 0 aliphatic carbocycles. The minimum atomic E-state index is -0.882. The summed E-state index contributed by atoms with van der Waals surface area (Å²) in [6, 6.07) is 0. The molecule has 1 atom stereocenters. The second-order valence-corrected chi connectivity index (χ2v) is 3.89. The molecule has 72 valence electrons. The summed E-state index contributed by atoms with van der Waals surface area (Å²) in [5.74, 6) is -0.431. The highest BCUT2D eigenvalue weighted by Crippen LogP contribution is 2.18. The highest BCUT2D eigenvalue weighted by Gasteiger charge is 2.19. The zero-order valence-corrected chi connectivity index (χ0v) is 8.17. The van der Waals surface area contributed by atoms with E-state index in [0.717, 1.165) is 5.04 Å². The summed E-state index contributed by atoms with van der Waals surface area (Å²) in [6.07, 6.45) is 2.09. The van der Waals surface area contributed by atoms with Crippen LogP contribution in [0, 0.1) is 0 Å². The number of rotatable bonds is 2. The Labute approximate surface area is 78.2 Å². The number of hydrogen-bond donors (Lipinski definition) is 1. The lowest BCUT2D eigenvalue weighted by atomic mass is 10.5. The van der Waals surface area contributed by atoms with Crippen LogP contribution in [0.1, 0.15) is 20.3 Å². The first kappa shape index (κ1) is 10.1. The molecule has 0 spiro atoms. The Morgan fingerprint density at radius 1 is 1.85 bits per heavy atom. The molecule has 0 radical (unpaired) electrons. The molecule has 1 heterocycles. The van der Waals surface area contributed by atoms with Crippen molar-refractivity contribution in [2.24, 2.45) is 9.52 Å². The van der Waals surface area contributed by atoms with Crippen LogP contribution in [0.3, 0.4) is 0 Å². The summed E-state index contributed by atoms with van der Waals surface area (Å²) in [5.41, 5.74) is 0. The molecule has 1 aliphatic heterocycles. The van der Waals surface area contributed by atoms with Crippen molar-refractivity contribution in [2.75, 3.05) is 0 Å². The van der Waals surface area contributed by atoms with Gasteiger partial charge in [-0.2, -0.15) is 0 Å².